The van der Waals surface area contributed by atoms with E-state index in [1.807, 2.05) is 0 Å². The van der Waals surface area contributed by atoms with Crippen LogP contribution in [0.2, 0.25) is 0 Å². The van der Waals surface area contributed by atoms with Gasteiger partial charge in [-0.1, -0.05) is 20.8 Å². The van der Waals surface area contributed by atoms with Gasteiger partial charge in [-0.3, -0.25) is 4.79 Å². The third-order valence-corrected chi connectivity index (χ3v) is 5.42. The lowest BCUT2D eigenvalue weighted by molar-refractivity contribution is -0.138. The first kappa shape index (κ1) is 15.8. The molecule has 1 saturated heterocycles. The molecule has 20 heavy (non-hydrogen) atoms. The molecule has 0 spiro atoms. The Bertz CT molecular complexity index is 326. The van der Waals surface area contributed by atoms with Crippen LogP contribution >= 0.6 is 0 Å². The highest BCUT2D eigenvalue weighted by Gasteiger charge is 2.32. The van der Waals surface area contributed by atoms with Crippen LogP contribution in [0, 0.1) is 23.2 Å². The molecule has 1 N–H and O–H groups in total. The Morgan fingerprint density at radius 1 is 1.10 bits per heavy atom. The molecule has 0 aromatic heterocycles. The van der Waals surface area contributed by atoms with Crippen molar-refractivity contribution in [2.24, 2.45) is 23.2 Å². The molecule has 0 amide bonds. The number of likely N-dealkylation sites (tertiary alicyclic amines) is 1. The summed E-state index contributed by atoms with van der Waals surface area (Å²) in [7, 11) is 0. The number of nitrogens with zero attached hydrogens (tertiary/aromatic N) is 1. The molecule has 2 rings (SSSR count). The van der Waals surface area contributed by atoms with E-state index in [1.54, 1.807) is 0 Å². The highest BCUT2D eigenvalue weighted by atomic mass is 16.4. The molecule has 1 aliphatic carbocycles. The Morgan fingerprint density at radius 3 is 2.30 bits per heavy atom. The molecule has 2 aliphatic rings. The number of hydrogen-bond acceptors (Lipinski definition) is 2. The normalized spacial score (nSPS) is 32.5. The Labute approximate surface area is 123 Å². The average Bonchev–Trinajstić information content (AvgIpc) is 2.75. The van der Waals surface area contributed by atoms with Crippen LogP contribution < -0.4 is 0 Å². The summed E-state index contributed by atoms with van der Waals surface area (Å²) in [5, 5.41) is 8.87. The van der Waals surface area contributed by atoms with Crippen LogP contribution in [-0.2, 0) is 4.79 Å². The molecular formula is C17H31NO2. The first-order valence-electron chi connectivity index (χ1n) is 8.28. The van der Waals surface area contributed by atoms with Crippen LogP contribution in [-0.4, -0.2) is 35.6 Å². The van der Waals surface area contributed by atoms with Crippen LogP contribution in [0.3, 0.4) is 0 Å². The first-order chi connectivity index (χ1) is 9.34. The van der Waals surface area contributed by atoms with Crippen LogP contribution in [0.4, 0.5) is 0 Å². The van der Waals surface area contributed by atoms with Gasteiger partial charge in [-0.2, -0.15) is 0 Å². The summed E-state index contributed by atoms with van der Waals surface area (Å²) in [5.41, 5.74) is 0.463. The molecule has 1 unspecified atom stereocenters. The Morgan fingerprint density at radius 2 is 1.75 bits per heavy atom. The Balaban J connectivity index is 1.70. The molecule has 1 heterocycles. The second-order valence-corrected chi connectivity index (χ2v) is 8.10. The molecule has 3 heteroatoms. The Kier molecular flexibility index (Phi) is 5.11. The number of rotatable bonds is 4. The lowest BCUT2D eigenvalue weighted by atomic mass is 9.70. The highest BCUT2D eigenvalue weighted by molar-refractivity contribution is 5.67. The monoisotopic (exact) mass is 281 g/mol. The molecule has 0 aromatic rings. The van der Waals surface area contributed by atoms with Gasteiger partial charge >= 0.3 is 5.97 Å². The quantitative estimate of drug-likeness (QED) is 0.855. The van der Waals surface area contributed by atoms with E-state index >= 15 is 0 Å². The number of hydrogen-bond donors (Lipinski definition) is 1. The second-order valence-electron chi connectivity index (χ2n) is 8.10. The van der Waals surface area contributed by atoms with E-state index in [0.717, 1.165) is 31.3 Å². The minimum absolute atomic E-state index is 0.354. The van der Waals surface area contributed by atoms with Crippen molar-refractivity contribution in [2.75, 3.05) is 19.6 Å². The maximum atomic E-state index is 10.8. The van der Waals surface area contributed by atoms with Crippen molar-refractivity contribution in [1.29, 1.82) is 0 Å². The van der Waals surface area contributed by atoms with Crippen molar-refractivity contribution in [3.63, 3.8) is 0 Å². The van der Waals surface area contributed by atoms with Gasteiger partial charge in [-0.25, -0.2) is 0 Å². The summed E-state index contributed by atoms with van der Waals surface area (Å²) in [6, 6.07) is 0. The largest absolute Gasteiger partial charge is 0.481 e. The van der Waals surface area contributed by atoms with Crippen LogP contribution in [0.5, 0.6) is 0 Å². The summed E-state index contributed by atoms with van der Waals surface area (Å²) in [5.74, 6) is 1.48. The summed E-state index contributed by atoms with van der Waals surface area (Å²) in [4.78, 5) is 13.3. The molecular weight excluding hydrogens is 250 g/mol. The smallest absolute Gasteiger partial charge is 0.303 e. The predicted octanol–water partition coefficient (Wildman–Crippen LogP) is 3.64. The third kappa shape index (κ3) is 4.47. The lowest BCUT2D eigenvalue weighted by Gasteiger charge is -2.38. The van der Waals surface area contributed by atoms with Gasteiger partial charge in [0.25, 0.3) is 0 Å². The van der Waals surface area contributed by atoms with Gasteiger partial charge in [0.15, 0.2) is 0 Å². The second kappa shape index (κ2) is 6.46. The van der Waals surface area contributed by atoms with E-state index in [2.05, 4.69) is 25.7 Å². The van der Waals surface area contributed by atoms with Crippen LogP contribution in [0.1, 0.15) is 59.3 Å². The average molecular weight is 281 g/mol. The molecule has 1 atom stereocenters. The summed E-state index contributed by atoms with van der Waals surface area (Å²) in [6.45, 7) is 10.4. The number of aliphatic carboxylic acids is 1. The molecule has 1 aliphatic heterocycles. The van der Waals surface area contributed by atoms with E-state index in [9.17, 15) is 4.79 Å². The van der Waals surface area contributed by atoms with Crippen LogP contribution in [0.15, 0.2) is 0 Å². The molecule has 1 saturated carbocycles. The number of carboxylic acid groups (broad SMARTS) is 1. The maximum Gasteiger partial charge on any atom is 0.303 e. The molecule has 116 valence electrons. The van der Waals surface area contributed by atoms with E-state index < -0.39 is 5.97 Å². The first-order valence-corrected chi connectivity index (χ1v) is 8.28. The predicted molar refractivity (Wildman–Crippen MR) is 81.7 cm³/mol. The van der Waals surface area contributed by atoms with Gasteiger partial charge in [-0.15, -0.1) is 0 Å². The van der Waals surface area contributed by atoms with E-state index in [-0.39, 0.29) is 0 Å². The highest BCUT2D eigenvalue weighted by Crippen LogP contribution is 2.40. The van der Waals surface area contributed by atoms with Crippen molar-refractivity contribution in [3.8, 4) is 0 Å². The van der Waals surface area contributed by atoms with E-state index in [0.29, 0.717) is 17.8 Å². The van der Waals surface area contributed by atoms with Gasteiger partial charge < -0.3 is 10.0 Å². The summed E-state index contributed by atoms with van der Waals surface area (Å²) >= 11 is 0. The SMILES string of the molecule is CC(C)(C)C1CCC(CN2CCC(CC(=O)O)C2)CC1. The molecule has 0 bridgehead atoms. The van der Waals surface area contributed by atoms with Crippen molar-refractivity contribution in [3.05, 3.63) is 0 Å². The minimum Gasteiger partial charge on any atom is -0.481 e. The molecule has 0 radical (unpaired) electrons. The number of carbonyl (C=O) groups is 1. The fourth-order valence-electron chi connectivity index (χ4n) is 4.07. The topological polar surface area (TPSA) is 40.5 Å². The zero-order valence-corrected chi connectivity index (χ0v) is 13.4. The molecule has 0 aromatic carbocycles. The maximum absolute atomic E-state index is 10.8. The molecule has 2 fully saturated rings. The van der Waals surface area contributed by atoms with E-state index in [4.69, 9.17) is 5.11 Å². The zero-order valence-electron chi connectivity index (χ0n) is 13.4. The van der Waals surface area contributed by atoms with Crippen molar-refractivity contribution < 1.29 is 9.90 Å². The fraction of sp³-hybridized carbons (Fsp3) is 0.941. The van der Waals surface area contributed by atoms with Crippen molar-refractivity contribution >= 4 is 5.97 Å². The van der Waals surface area contributed by atoms with Crippen LogP contribution in [0.25, 0.3) is 0 Å². The Hall–Kier alpha value is -0.570. The fourth-order valence-corrected chi connectivity index (χ4v) is 4.07. The van der Waals surface area contributed by atoms with Gasteiger partial charge in [0.05, 0.1) is 0 Å². The zero-order chi connectivity index (χ0) is 14.8. The summed E-state index contributed by atoms with van der Waals surface area (Å²) in [6.07, 6.45) is 6.90. The standard InChI is InChI=1S/C17H31NO2/c1-17(2,3)15-6-4-13(5-7-15)11-18-9-8-14(12-18)10-16(19)20/h13-15H,4-12H2,1-3H3,(H,19,20). The molecule has 3 nitrogen and oxygen atoms in total. The van der Waals surface area contributed by atoms with Gasteiger partial charge in [0, 0.05) is 19.5 Å². The minimum atomic E-state index is -0.637. The third-order valence-electron chi connectivity index (χ3n) is 5.42. The van der Waals surface area contributed by atoms with Gasteiger partial charge in [-0.05, 0) is 61.8 Å². The van der Waals surface area contributed by atoms with Crippen molar-refractivity contribution in [1.82, 2.24) is 4.90 Å². The van der Waals surface area contributed by atoms with E-state index in [1.165, 1.54) is 32.2 Å². The summed E-state index contributed by atoms with van der Waals surface area (Å²) < 4.78 is 0. The van der Waals surface area contributed by atoms with Gasteiger partial charge in [0.2, 0.25) is 0 Å². The van der Waals surface area contributed by atoms with Crippen molar-refractivity contribution in [2.45, 2.75) is 59.3 Å². The number of carboxylic acids is 1. The van der Waals surface area contributed by atoms with Gasteiger partial charge in [0.1, 0.15) is 0 Å². The lowest BCUT2D eigenvalue weighted by Crippen LogP contribution is -2.32.